The number of hydrogen-bond donors (Lipinski definition) is 0. The van der Waals surface area contributed by atoms with Gasteiger partial charge in [-0.05, 0) is 38.8 Å². The number of pyridine rings is 1. The van der Waals surface area contributed by atoms with E-state index in [0.29, 0.717) is 11.1 Å². The largest absolute Gasteiger partial charge is 0.272 e. The molecule has 1 fully saturated rings. The van der Waals surface area contributed by atoms with Crippen LogP contribution in [0.3, 0.4) is 0 Å². The highest BCUT2D eigenvalue weighted by Crippen LogP contribution is 2.20. The number of hydrogen-bond acceptors (Lipinski definition) is 3. The second kappa shape index (κ2) is 7.34. The highest BCUT2D eigenvalue weighted by atomic mass is 35.5. The molecule has 128 valence electrons. The van der Waals surface area contributed by atoms with E-state index in [4.69, 9.17) is 16.6 Å². The average molecular weight is 347 g/mol. The Labute approximate surface area is 147 Å². The molecule has 0 spiro atoms. The van der Waals surface area contributed by atoms with Crippen molar-refractivity contribution in [3.05, 3.63) is 46.3 Å². The molecule has 6 heteroatoms. The Morgan fingerprint density at radius 2 is 2.04 bits per heavy atom. The van der Waals surface area contributed by atoms with Gasteiger partial charge in [-0.15, -0.1) is 0 Å². The maximum atomic E-state index is 12.7. The smallest absolute Gasteiger partial charge is 0.253 e. The molecule has 24 heavy (non-hydrogen) atoms. The van der Waals surface area contributed by atoms with Crippen LogP contribution in [-0.2, 0) is 6.54 Å². The van der Waals surface area contributed by atoms with Gasteiger partial charge in [-0.1, -0.05) is 36.9 Å². The summed E-state index contributed by atoms with van der Waals surface area (Å²) < 4.78 is 3.28. The van der Waals surface area contributed by atoms with Crippen molar-refractivity contribution in [3.63, 3.8) is 0 Å². The van der Waals surface area contributed by atoms with Crippen molar-refractivity contribution in [2.45, 2.75) is 58.5 Å². The van der Waals surface area contributed by atoms with Crippen LogP contribution < -0.4 is 5.49 Å². The molecule has 2 heterocycles. The zero-order valence-corrected chi connectivity index (χ0v) is 15.0. The van der Waals surface area contributed by atoms with Gasteiger partial charge >= 0.3 is 0 Å². The Balaban J connectivity index is 1.87. The quantitative estimate of drug-likeness (QED) is 0.853. The predicted molar refractivity (Wildman–Crippen MR) is 94.2 cm³/mol. The molecular formula is C18H23ClN4O. The lowest BCUT2D eigenvalue weighted by Crippen LogP contribution is -2.31. The first-order valence-corrected chi connectivity index (χ1v) is 8.88. The molecule has 3 rings (SSSR count). The topological polar surface area (TPSA) is 52.2 Å². The Morgan fingerprint density at radius 1 is 1.29 bits per heavy atom. The summed E-state index contributed by atoms with van der Waals surface area (Å²) in [6, 6.07) is 6.00. The lowest BCUT2D eigenvalue weighted by atomic mass is 9.96. The number of aryl methyl sites for hydroxylation is 1. The van der Waals surface area contributed by atoms with Crippen LogP contribution in [0.4, 0.5) is 0 Å². The lowest BCUT2D eigenvalue weighted by molar-refractivity contribution is 0.0879. The summed E-state index contributed by atoms with van der Waals surface area (Å²) in [5.41, 5.74) is 2.28. The van der Waals surface area contributed by atoms with Crippen LogP contribution in [0.1, 0.15) is 48.3 Å². The van der Waals surface area contributed by atoms with E-state index < -0.39 is 0 Å². The van der Waals surface area contributed by atoms with Gasteiger partial charge in [0.2, 0.25) is 0 Å². The van der Waals surface area contributed by atoms with Gasteiger partial charge in [-0.25, -0.2) is 0 Å². The minimum atomic E-state index is -0.0626. The first kappa shape index (κ1) is 17.0. The maximum absolute atomic E-state index is 12.7. The van der Waals surface area contributed by atoms with Gasteiger partial charge in [0, 0.05) is 6.20 Å². The number of halogens is 1. The van der Waals surface area contributed by atoms with Crippen molar-refractivity contribution in [2.75, 3.05) is 0 Å². The molecule has 0 unspecified atom stereocenters. The molecule has 0 amide bonds. The standard InChI is InChI=1S/C18H23ClN4O/c1-13-18(19)14(2)23(21-13)12-17(24)22-11-7-6-10-16(22)20-15-8-4-3-5-9-15/h6-7,10-11,15H,3-5,8-9,12H2,1-2H3. The Kier molecular flexibility index (Phi) is 5.19. The van der Waals surface area contributed by atoms with E-state index in [-0.39, 0.29) is 12.5 Å². The molecular weight excluding hydrogens is 324 g/mol. The number of nitrogens with zero attached hydrogens (tertiary/aromatic N) is 4. The van der Waals surface area contributed by atoms with Crippen LogP contribution in [0.15, 0.2) is 29.4 Å². The predicted octanol–water partition coefficient (Wildman–Crippen LogP) is 3.53. The molecule has 1 aliphatic carbocycles. The van der Waals surface area contributed by atoms with Gasteiger partial charge in [-0.3, -0.25) is 19.0 Å². The average Bonchev–Trinajstić information content (AvgIpc) is 2.83. The summed E-state index contributed by atoms with van der Waals surface area (Å²) in [7, 11) is 0. The van der Waals surface area contributed by atoms with Crippen LogP contribution in [0.2, 0.25) is 5.02 Å². The number of carbonyl (C=O) groups excluding carboxylic acids is 1. The fourth-order valence-corrected chi connectivity index (χ4v) is 3.32. The summed E-state index contributed by atoms with van der Waals surface area (Å²) >= 11 is 6.17. The third kappa shape index (κ3) is 3.61. The molecule has 0 aromatic carbocycles. The normalized spacial score (nSPS) is 16.5. The molecule has 0 bridgehead atoms. The zero-order valence-electron chi connectivity index (χ0n) is 14.2. The highest BCUT2D eigenvalue weighted by molar-refractivity contribution is 6.31. The van der Waals surface area contributed by atoms with Crippen LogP contribution in [-0.4, -0.2) is 26.3 Å². The van der Waals surface area contributed by atoms with Crippen molar-refractivity contribution in [3.8, 4) is 0 Å². The van der Waals surface area contributed by atoms with E-state index in [1.165, 1.54) is 19.3 Å². The van der Waals surface area contributed by atoms with E-state index in [1.807, 2.05) is 32.0 Å². The van der Waals surface area contributed by atoms with E-state index in [2.05, 4.69) is 5.10 Å². The van der Waals surface area contributed by atoms with Gasteiger partial charge in [0.15, 0.2) is 0 Å². The van der Waals surface area contributed by atoms with Gasteiger partial charge in [-0.2, -0.15) is 5.10 Å². The van der Waals surface area contributed by atoms with Gasteiger partial charge in [0.25, 0.3) is 5.91 Å². The van der Waals surface area contributed by atoms with Crippen molar-refractivity contribution < 1.29 is 4.79 Å². The summed E-state index contributed by atoms with van der Waals surface area (Å²) in [6.07, 6.45) is 7.72. The Bertz CT molecular complexity index is 800. The number of aromatic nitrogens is 3. The van der Waals surface area contributed by atoms with Gasteiger partial charge < -0.3 is 0 Å². The van der Waals surface area contributed by atoms with Crippen LogP contribution in [0, 0.1) is 13.8 Å². The Hall–Kier alpha value is -1.88. The van der Waals surface area contributed by atoms with E-state index >= 15 is 0 Å². The molecule has 0 aliphatic heterocycles. The molecule has 1 saturated carbocycles. The zero-order chi connectivity index (χ0) is 17.1. The molecule has 0 saturated heterocycles. The van der Waals surface area contributed by atoms with Crippen molar-refractivity contribution in [2.24, 2.45) is 4.99 Å². The third-order valence-electron chi connectivity index (χ3n) is 4.57. The molecule has 0 radical (unpaired) electrons. The fourth-order valence-electron chi connectivity index (χ4n) is 3.18. The molecule has 5 nitrogen and oxygen atoms in total. The van der Waals surface area contributed by atoms with Gasteiger partial charge in [0.05, 0.1) is 22.5 Å². The molecule has 0 N–H and O–H groups in total. The highest BCUT2D eigenvalue weighted by Gasteiger charge is 2.15. The fraction of sp³-hybridized carbons (Fsp3) is 0.500. The summed E-state index contributed by atoms with van der Waals surface area (Å²) in [6.45, 7) is 3.87. The van der Waals surface area contributed by atoms with E-state index in [1.54, 1.807) is 15.4 Å². The minimum Gasteiger partial charge on any atom is -0.272 e. The Morgan fingerprint density at radius 3 is 2.71 bits per heavy atom. The van der Waals surface area contributed by atoms with E-state index in [0.717, 1.165) is 29.7 Å². The minimum absolute atomic E-state index is 0.0626. The molecule has 0 atom stereocenters. The van der Waals surface area contributed by atoms with Crippen molar-refractivity contribution >= 4 is 17.5 Å². The van der Waals surface area contributed by atoms with Crippen LogP contribution in [0.25, 0.3) is 0 Å². The van der Waals surface area contributed by atoms with Crippen LogP contribution in [0.5, 0.6) is 0 Å². The second-order valence-corrected chi connectivity index (χ2v) is 6.76. The van der Waals surface area contributed by atoms with Crippen molar-refractivity contribution in [1.29, 1.82) is 0 Å². The lowest BCUT2D eigenvalue weighted by Gasteiger charge is -2.17. The first-order valence-electron chi connectivity index (χ1n) is 8.50. The monoisotopic (exact) mass is 346 g/mol. The maximum Gasteiger partial charge on any atom is 0.253 e. The number of carbonyl (C=O) groups is 1. The van der Waals surface area contributed by atoms with E-state index in [9.17, 15) is 4.79 Å². The van der Waals surface area contributed by atoms with Crippen LogP contribution >= 0.6 is 11.6 Å². The third-order valence-corrected chi connectivity index (χ3v) is 5.12. The summed E-state index contributed by atoms with van der Waals surface area (Å²) in [4.78, 5) is 17.6. The molecule has 2 aromatic heterocycles. The number of rotatable bonds is 3. The van der Waals surface area contributed by atoms with Crippen molar-refractivity contribution in [1.82, 2.24) is 14.3 Å². The summed E-state index contributed by atoms with van der Waals surface area (Å²) in [5, 5.41) is 4.96. The SMILES string of the molecule is Cc1nn(CC(=O)n2ccccc2=NC2CCCCC2)c(C)c1Cl. The van der Waals surface area contributed by atoms with Gasteiger partial charge in [0.1, 0.15) is 12.0 Å². The first-order chi connectivity index (χ1) is 11.6. The molecule has 2 aromatic rings. The summed E-state index contributed by atoms with van der Waals surface area (Å²) in [5.74, 6) is -0.0626. The second-order valence-electron chi connectivity index (χ2n) is 6.39. The molecule has 1 aliphatic rings.